The minimum atomic E-state index is -0.625. The lowest BCUT2D eigenvalue weighted by Crippen LogP contribution is -2.37. The maximum absolute atomic E-state index is 11.4. The molecule has 1 amide bonds. The fourth-order valence-corrected chi connectivity index (χ4v) is 1.56. The summed E-state index contributed by atoms with van der Waals surface area (Å²) in [5.41, 5.74) is 4.76. The molecule has 0 saturated carbocycles. The third-order valence-electron chi connectivity index (χ3n) is 3.19. The van der Waals surface area contributed by atoms with Crippen molar-refractivity contribution < 1.29 is 4.79 Å². The second-order valence-electron chi connectivity index (χ2n) is 6.18. The van der Waals surface area contributed by atoms with Crippen LogP contribution < -0.4 is 16.4 Å². The molecule has 4 N–H and O–H groups in total. The Morgan fingerprint density at radius 1 is 1.29 bits per heavy atom. The highest BCUT2D eigenvalue weighted by Gasteiger charge is 2.24. The van der Waals surface area contributed by atoms with E-state index in [9.17, 15) is 4.79 Å². The first kappa shape index (κ1) is 17.2. The summed E-state index contributed by atoms with van der Waals surface area (Å²) >= 11 is 0. The molecule has 1 rings (SSSR count). The van der Waals surface area contributed by atoms with Crippen LogP contribution >= 0.6 is 0 Å². The minimum Gasteiger partial charge on any atom is -0.370 e. The van der Waals surface area contributed by atoms with Crippen LogP contribution in [0.4, 0.5) is 11.6 Å². The standard InChI is InChI=1S/C15H27N5O/c1-6-7-17-11-8-12(20-13(19-11)10(2)3)18-9-15(4,5)14(16)21/h8,10H,6-7,9H2,1-5H3,(H2,16,21)(H2,17,18,19,20). The summed E-state index contributed by atoms with van der Waals surface area (Å²) in [6.45, 7) is 11.1. The van der Waals surface area contributed by atoms with Crippen LogP contribution in [0.3, 0.4) is 0 Å². The van der Waals surface area contributed by atoms with Gasteiger partial charge >= 0.3 is 0 Å². The van der Waals surface area contributed by atoms with Crippen LogP contribution in [0.25, 0.3) is 0 Å². The lowest BCUT2D eigenvalue weighted by Gasteiger charge is -2.21. The normalized spacial score (nSPS) is 11.5. The number of hydrogen-bond acceptors (Lipinski definition) is 5. The van der Waals surface area contributed by atoms with E-state index < -0.39 is 5.41 Å². The van der Waals surface area contributed by atoms with Gasteiger partial charge in [0.25, 0.3) is 0 Å². The van der Waals surface area contributed by atoms with Crippen LogP contribution in [-0.4, -0.2) is 29.0 Å². The smallest absolute Gasteiger partial charge is 0.224 e. The third-order valence-corrected chi connectivity index (χ3v) is 3.19. The predicted molar refractivity (Wildman–Crippen MR) is 86.4 cm³/mol. The fourth-order valence-electron chi connectivity index (χ4n) is 1.56. The van der Waals surface area contributed by atoms with Gasteiger partial charge in [0.15, 0.2) is 0 Å². The van der Waals surface area contributed by atoms with Gasteiger partial charge < -0.3 is 16.4 Å². The molecule has 21 heavy (non-hydrogen) atoms. The molecule has 0 fully saturated rings. The van der Waals surface area contributed by atoms with Crippen LogP contribution in [0.5, 0.6) is 0 Å². The first-order valence-corrected chi connectivity index (χ1v) is 7.43. The summed E-state index contributed by atoms with van der Waals surface area (Å²) in [6.07, 6.45) is 1.03. The van der Waals surface area contributed by atoms with Crippen molar-refractivity contribution in [2.24, 2.45) is 11.1 Å². The van der Waals surface area contributed by atoms with E-state index in [4.69, 9.17) is 5.73 Å². The van der Waals surface area contributed by atoms with Crippen molar-refractivity contribution in [3.05, 3.63) is 11.9 Å². The molecule has 1 aromatic heterocycles. The highest BCUT2D eigenvalue weighted by atomic mass is 16.1. The molecule has 0 unspecified atom stereocenters. The predicted octanol–water partition coefficient (Wildman–Crippen LogP) is 2.35. The largest absolute Gasteiger partial charge is 0.370 e. The quantitative estimate of drug-likeness (QED) is 0.684. The van der Waals surface area contributed by atoms with Crippen LogP contribution in [0.2, 0.25) is 0 Å². The summed E-state index contributed by atoms with van der Waals surface area (Å²) in [7, 11) is 0. The van der Waals surface area contributed by atoms with Gasteiger partial charge in [0.05, 0.1) is 5.41 Å². The number of primary amides is 1. The Bertz CT molecular complexity index is 485. The maximum Gasteiger partial charge on any atom is 0.224 e. The van der Waals surface area contributed by atoms with E-state index in [1.807, 2.05) is 19.9 Å². The van der Waals surface area contributed by atoms with Gasteiger partial charge in [0.1, 0.15) is 17.5 Å². The van der Waals surface area contributed by atoms with Gasteiger partial charge in [-0.3, -0.25) is 4.79 Å². The van der Waals surface area contributed by atoms with Crippen molar-refractivity contribution in [1.82, 2.24) is 9.97 Å². The van der Waals surface area contributed by atoms with Crippen molar-refractivity contribution in [1.29, 1.82) is 0 Å². The summed E-state index contributed by atoms with van der Waals surface area (Å²) in [4.78, 5) is 20.3. The Morgan fingerprint density at radius 3 is 2.33 bits per heavy atom. The van der Waals surface area contributed by atoms with Gasteiger partial charge in [-0.05, 0) is 20.3 Å². The topological polar surface area (TPSA) is 92.9 Å². The zero-order chi connectivity index (χ0) is 16.0. The molecule has 0 spiro atoms. The molecule has 0 atom stereocenters. The van der Waals surface area contributed by atoms with E-state index in [1.165, 1.54) is 0 Å². The molecule has 1 aromatic rings. The summed E-state index contributed by atoms with van der Waals surface area (Å²) in [5, 5.41) is 6.45. The summed E-state index contributed by atoms with van der Waals surface area (Å²) in [5.74, 6) is 2.18. The average molecular weight is 293 g/mol. The lowest BCUT2D eigenvalue weighted by molar-refractivity contribution is -0.125. The highest BCUT2D eigenvalue weighted by Crippen LogP contribution is 2.19. The number of carbonyl (C=O) groups excluding carboxylic acids is 1. The van der Waals surface area contributed by atoms with Gasteiger partial charge in [-0.25, -0.2) is 9.97 Å². The second-order valence-corrected chi connectivity index (χ2v) is 6.18. The monoisotopic (exact) mass is 293 g/mol. The van der Waals surface area contributed by atoms with E-state index >= 15 is 0 Å². The molecule has 0 bridgehead atoms. The number of nitrogens with zero attached hydrogens (tertiary/aromatic N) is 2. The molecule has 6 nitrogen and oxygen atoms in total. The van der Waals surface area contributed by atoms with Gasteiger partial charge in [0, 0.05) is 25.1 Å². The van der Waals surface area contributed by atoms with Gasteiger partial charge in [-0.1, -0.05) is 20.8 Å². The number of hydrogen-bond donors (Lipinski definition) is 3. The molecular weight excluding hydrogens is 266 g/mol. The lowest BCUT2D eigenvalue weighted by atomic mass is 9.93. The maximum atomic E-state index is 11.4. The minimum absolute atomic E-state index is 0.234. The van der Waals surface area contributed by atoms with Gasteiger partial charge in [-0.15, -0.1) is 0 Å². The van der Waals surface area contributed by atoms with Crippen LogP contribution in [0.15, 0.2) is 6.07 Å². The van der Waals surface area contributed by atoms with Crippen LogP contribution in [0, 0.1) is 5.41 Å². The van der Waals surface area contributed by atoms with Crippen molar-refractivity contribution in [2.75, 3.05) is 23.7 Å². The zero-order valence-corrected chi connectivity index (χ0v) is 13.7. The first-order chi connectivity index (χ1) is 9.76. The Kier molecular flexibility index (Phi) is 5.93. The van der Waals surface area contributed by atoms with Gasteiger partial charge in [-0.2, -0.15) is 0 Å². The molecule has 0 radical (unpaired) electrons. The number of anilines is 2. The molecule has 118 valence electrons. The number of aromatic nitrogens is 2. The molecule has 0 aliphatic rings. The van der Waals surface area contributed by atoms with Crippen molar-refractivity contribution in [3.8, 4) is 0 Å². The van der Waals surface area contributed by atoms with E-state index in [0.717, 1.165) is 24.6 Å². The molecule has 0 saturated heterocycles. The number of rotatable bonds is 8. The number of nitrogens with two attached hydrogens (primary N) is 1. The second kappa shape index (κ2) is 7.24. The summed E-state index contributed by atoms with van der Waals surface area (Å²) < 4.78 is 0. The Morgan fingerprint density at radius 2 is 1.86 bits per heavy atom. The number of amides is 1. The third kappa shape index (κ3) is 5.21. The SMILES string of the molecule is CCCNc1cc(NCC(C)(C)C(N)=O)nc(C(C)C)n1. The molecule has 0 aromatic carbocycles. The Hall–Kier alpha value is -1.85. The molecule has 6 heteroatoms. The highest BCUT2D eigenvalue weighted by molar-refractivity contribution is 5.80. The van der Waals surface area contributed by atoms with E-state index in [-0.39, 0.29) is 11.8 Å². The molecule has 0 aliphatic heterocycles. The Labute approximate surface area is 126 Å². The number of carbonyl (C=O) groups is 1. The Balaban J connectivity index is 2.89. The van der Waals surface area contributed by atoms with Crippen LogP contribution in [0.1, 0.15) is 52.8 Å². The van der Waals surface area contributed by atoms with E-state index in [0.29, 0.717) is 12.4 Å². The average Bonchev–Trinajstić information content (AvgIpc) is 2.42. The van der Waals surface area contributed by atoms with E-state index in [1.54, 1.807) is 0 Å². The summed E-state index contributed by atoms with van der Waals surface area (Å²) in [6, 6.07) is 1.86. The first-order valence-electron chi connectivity index (χ1n) is 7.43. The van der Waals surface area contributed by atoms with Crippen molar-refractivity contribution in [3.63, 3.8) is 0 Å². The zero-order valence-electron chi connectivity index (χ0n) is 13.7. The van der Waals surface area contributed by atoms with Crippen molar-refractivity contribution in [2.45, 2.75) is 47.0 Å². The van der Waals surface area contributed by atoms with Crippen LogP contribution in [-0.2, 0) is 4.79 Å². The number of nitrogens with one attached hydrogen (secondary N) is 2. The van der Waals surface area contributed by atoms with E-state index in [2.05, 4.69) is 41.4 Å². The van der Waals surface area contributed by atoms with Crippen molar-refractivity contribution >= 4 is 17.5 Å². The molecular formula is C15H27N5O. The fraction of sp³-hybridized carbons (Fsp3) is 0.667. The van der Waals surface area contributed by atoms with Gasteiger partial charge in [0.2, 0.25) is 5.91 Å². The molecule has 0 aliphatic carbocycles. The molecule has 1 heterocycles.